The fourth-order valence-electron chi connectivity index (χ4n) is 3.22. The summed E-state index contributed by atoms with van der Waals surface area (Å²) in [4.78, 5) is 39.6. The molecule has 1 saturated heterocycles. The molecule has 1 atom stereocenters. The van der Waals surface area contributed by atoms with Crippen LogP contribution >= 0.6 is 0 Å². The van der Waals surface area contributed by atoms with Crippen molar-refractivity contribution in [3.05, 3.63) is 23.3 Å². The Balaban J connectivity index is 1.98. The average Bonchev–Trinajstić information content (AvgIpc) is 2.83. The van der Waals surface area contributed by atoms with Gasteiger partial charge in [0.1, 0.15) is 11.8 Å². The summed E-state index contributed by atoms with van der Waals surface area (Å²) < 4.78 is 5.36. The number of imide groups is 1. The predicted octanol–water partition coefficient (Wildman–Crippen LogP) is 0.522. The van der Waals surface area contributed by atoms with E-state index in [-0.39, 0.29) is 18.2 Å². The highest BCUT2D eigenvalue weighted by Crippen LogP contribution is 2.39. The van der Waals surface area contributed by atoms with Crippen LogP contribution in [0.1, 0.15) is 28.8 Å². The van der Waals surface area contributed by atoms with Crippen molar-refractivity contribution in [1.29, 1.82) is 0 Å². The summed E-state index contributed by atoms with van der Waals surface area (Å²) in [7, 11) is 5.26. The van der Waals surface area contributed by atoms with Gasteiger partial charge in [-0.25, -0.2) is 0 Å². The Morgan fingerprint density at radius 2 is 2.00 bits per heavy atom. The number of hydrogen-bond acceptors (Lipinski definition) is 5. The van der Waals surface area contributed by atoms with E-state index in [0.29, 0.717) is 30.0 Å². The van der Waals surface area contributed by atoms with Gasteiger partial charge in [0.2, 0.25) is 11.8 Å². The maximum atomic E-state index is 12.9. The third-order valence-corrected chi connectivity index (χ3v) is 4.30. The monoisotopic (exact) mass is 317 g/mol. The number of carbonyl (C=O) groups excluding carboxylic acids is 3. The van der Waals surface area contributed by atoms with Crippen LogP contribution in [-0.2, 0) is 16.1 Å². The van der Waals surface area contributed by atoms with Gasteiger partial charge in [-0.15, -0.1) is 0 Å². The van der Waals surface area contributed by atoms with Gasteiger partial charge >= 0.3 is 0 Å². The highest BCUT2D eigenvalue weighted by Gasteiger charge is 2.41. The molecule has 2 aliphatic heterocycles. The lowest BCUT2D eigenvalue weighted by Crippen LogP contribution is -2.52. The third-order valence-electron chi connectivity index (χ3n) is 4.30. The first kappa shape index (κ1) is 15.3. The van der Waals surface area contributed by atoms with Crippen molar-refractivity contribution in [2.75, 3.05) is 26.1 Å². The number of methoxy groups -OCH3 is 1. The summed E-state index contributed by atoms with van der Waals surface area (Å²) in [6.45, 7) is 0.366. The molecular formula is C16H19N3O4. The smallest absolute Gasteiger partial charge is 0.257 e. The van der Waals surface area contributed by atoms with Gasteiger partial charge < -0.3 is 14.5 Å². The molecule has 3 rings (SSSR count). The van der Waals surface area contributed by atoms with Crippen molar-refractivity contribution in [2.24, 2.45) is 0 Å². The van der Waals surface area contributed by atoms with E-state index < -0.39 is 11.9 Å². The number of rotatable bonds is 3. The molecule has 1 aromatic rings. The van der Waals surface area contributed by atoms with Crippen LogP contribution in [-0.4, -0.2) is 49.9 Å². The van der Waals surface area contributed by atoms with Gasteiger partial charge in [-0.1, -0.05) is 6.07 Å². The fourth-order valence-corrected chi connectivity index (χ4v) is 3.22. The quantitative estimate of drug-likeness (QED) is 0.822. The lowest BCUT2D eigenvalue weighted by atomic mass is 10.0. The second-order valence-corrected chi connectivity index (χ2v) is 5.94. The van der Waals surface area contributed by atoms with Gasteiger partial charge in [0.05, 0.1) is 18.4 Å². The topological polar surface area (TPSA) is 79.0 Å². The number of ether oxygens (including phenoxy) is 1. The zero-order valence-corrected chi connectivity index (χ0v) is 13.4. The van der Waals surface area contributed by atoms with E-state index in [1.165, 1.54) is 0 Å². The molecule has 2 aliphatic rings. The van der Waals surface area contributed by atoms with Gasteiger partial charge in [-0.3, -0.25) is 19.7 Å². The zero-order valence-electron chi connectivity index (χ0n) is 13.4. The standard InChI is InChI=1S/C16H19N3O4/c1-18(2)14-11(23-3)6-4-9-8-19(16(22)13(9)14)10-5-7-12(20)17-15(10)21/h4,6,10H,5,7-8H2,1-3H3,(H,17,20,21). The Labute approximate surface area is 134 Å². The minimum absolute atomic E-state index is 0.197. The second-order valence-electron chi connectivity index (χ2n) is 5.94. The molecule has 1 fully saturated rings. The van der Waals surface area contributed by atoms with E-state index in [1.807, 2.05) is 31.1 Å². The summed E-state index contributed by atoms with van der Waals surface area (Å²) in [5.74, 6) is -0.267. The number of anilines is 1. The maximum Gasteiger partial charge on any atom is 0.257 e. The zero-order chi connectivity index (χ0) is 16.7. The van der Waals surface area contributed by atoms with E-state index in [2.05, 4.69) is 5.32 Å². The molecular weight excluding hydrogens is 298 g/mol. The largest absolute Gasteiger partial charge is 0.495 e. The van der Waals surface area contributed by atoms with Crippen molar-refractivity contribution < 1.29 is 19.1 Å². The first-order valence-electron chi connectivity index (χ1n) is 7.46. The molecule has 0 saturated carbocycles. The van der Waals surface area contributed by atoms with E-state index >= 15 is 0 Å². The predicted molar refractivity (Wildman–Crippen MR) is 83.4 cm³/mol. The van der Waals surface area contributed by atoms with Crippen molar-refractivity contribution >= 4 is 23.4 Å². The van der Waals surface area contributed by atoms with Crippen LogP contribution in [0, 0.1) is 0 Å². The fraction of sp³-hybridized carbons (Fsp3) is 0.438. The maximum absolute atomic E-state index is 12.9. The lowest BCUT2D eigenvalue weighted by Gasteiger charge is -2.29. The summed E-state index contributed by atoms with van der Waals surface area (Å²) in [5.41, 5.74) is 2.15. The minimum atomic E-state index is -0.603. The van der Waals surface area contributed by atoms with Crippen molar-refractivity contribution in [3.8, 4) is 5.75 Å². The highest BCUT2D eigenvalue weighted by molar-refractivity contribution is 6.08. The Hall–Kier alpha value is -2.57. The summed E-state index contributed by atoms with van der Waals surface area (Å²) in [5, 5.41) is 2.31. The molecule has 1 unspecified atom stereocenters. The van der Waals surface area contributed by atoms with Crippen LogP contribution in [0.4, 0.5) is 5.69 Å². The van der Waals surface area contributed by atoms with Crippen molar-refractivity contribution in [1.82, 2.24) is 10.2 Å². The van der Waals surface area contributed by atoms with Gasteiger partial charge in [0.25, 0.3) is 5.91 Å². The Morgan fingerprint density at radius 1 is 1.26 bits per heavy atom. The summed E-state index contributed by atoms with van der Waals surface area (Å²) in [6.07, 6.45) is 0.610. The molecule has 1 aromatic carbocycles. The normalized spacial score (nSPS) is 20.4. The molecule has 3 amide bonds. The number of amides is 3. The molecule has 0 aromatic heterocycles. The number of hydrogen-bond donors (Lipinski definition) is 1. The van der Waals surface area contributed by atoms with Crippen LogP contribution in [0.5, 0.6) is 5.75 Å². The van der Waals surface area contributed by atoms with Crippen molar-refractivity contribution in [3.63, 3.8) is 0 Å². The minimum Gasteiger partial charge on any atom is -0.495 e. The number of nitrogens with one attached hydrogen (secondary N) is 1. The van der Waals surface area contributed by atoms with E-state index in [0.717, 1.165) is 5.56 Å². The Morgan fingerprint density at radius 3 is 2.61 bits per heavy atom. The lowest BCUT2D eigenvalue weighted by molar-refractivity contribution is -0.136. The molecule has 0 radical (unpaired) electrons. The van der Waals surface area contributed by atoms with Crippen LogP contribution in [0.2, 0.25) is 0 Å². The van der Waals surface area contributed by atoms with Crippen molar-refractivity contribution in [2.45, 2.75) is 25.4 Å². The SMILES string of the molecule is COc1ccc2c(c1N(C)C)C(=O)N(C1CCC(=O)NC1=O)C2. The molecule has 0 spiro atoms. The first-order chi connectivity index (χ1) is 10.9. The molecule has 122 valence electrons. The number of fused-ring (bicyclic) bond motifs is 1. The molecule has 2 heterocycles. The second kappa shape index (κ2) is 5.57. The van der Waals surface area contributed by atoms with Gasteiger partial charge in [0, 0.05) is 27.1 Å². The van der Waals surface area contributed by atoms with Gasteiger partial charge in [-0.05, 0) is 18.1 Å². The van der Waals surface area contributed by atoms with Crippen LogP contribution in [0.25, 0.3) is 0 Å². The molecule has 7 heteroatoms. The van der Waals surface area contributed by atoms with Crippen LogP contribution in [0.15, 0.2) is 12.1 Å². The number of piperidine rings is 1. The summed E-state index contributed by atoms with van der Waals surface area (Å²) in [6, 6.07) is 3.08. The first-order valence-corrected chi connectivity index (χ1v) is 7.46. The van der Waals surface area contributed by atoms with Crippen LogP contribution in [0.3, 0.4) is 0 Å². The van der Waals surface area contributed by atoms with E-state index in [9.17, 15) is 14.4 Å². The molecule has 7 nitrogen and oxygen atoms in total. The van der Waals surface area contributed by atoms with E-state index in [1.54, 1.807) is 12.0 Å². The Bertz CT molecular complexity index is 699. The van der Waals surface area contributed by atoms with E-state index in [4.69, 9.17) is 4.74 Å². The number of nitrogens with zero attached hydrogens (tertiary/aromatic N) is 2. The molecule has 0 bridgehead atoms. The number of carbonyl (C=O) groups is 3. The highest BCUT2D eigenvalue weighted by atomic mass is 16.5. The van der Waals surface area contributed by atoms with Crippen LogP contribution < -0.4 is 15.0 Å². The van der Waals surface area contributed by atoms with Gasteiger partial charge in [0.15, 0.2) is 0 Å². The third kappa shape index (κ3) is 2.42. The molecule has 0 aliphatic carbocycles. The number of benzene rings is 1. The molecule has 23 heavy (non-hydrogen) atoms. The summed E-state index contributed by atoms with van der Waals surface area (Å²) >= 11 is 0. The Kier molecular flexibility index (Phi) is 3.71. The van der Waals surface area contributed by atoms with Gasteiger partial charge in [-0.2, -0.15) is 0 Å². The average molecular weight is 317 g/mol. The molecule has 1 N–H and O–H groups in total.